The molecule has 90 valence electrons. The molecule has 1 unspecified atom stereocenters. The van der Waals surface area contributed by atoms with Gasteiger partial charge in [-0.1, -0.05) is 0 Å². The van der Waals surface area contributed by atoms with Crippen LogP contribution in [0.4, 0.5) is 0 Å². The molecule has 0 amide bonds. The van der Waals surface area contributed by atoms with Crippen molar-refractivity contribution in [2.24, 2.45) is 12.8 Å². The number of hydrogen-bond acceptors (Lipinski definition) is 4. The van der Waals surface area contributed by atoms with Crippen LogP contribution in [0.3, 0.4) is 0 Å². The standard InChI is InChI=1S/C8H15N5O2S/c1-6(3-8(9)10)12-16(14,15)7-4-11-13(2)5-7/h4-6,12H,3H2,1-2H3,(H3,9,10). The molecule has 1 heterocycles. The number of aromatic nitrogens is 2. The normalized spacial score (nSPS) is 13.6. The minimum Gasteiger partial charge on any atom is -0.388 e. The fraction of sp³-hybridized carbons (Fsp3) is 0.500. The lowest BCUT2D eigenvalue weighted by Gasteiger charge is -2.11. The number of nitrogens with two attached hydrogens (primary N) is 1. The Bertz CT molecular complexity index is 478. The fourth-order valence-electron chi connectivity index (χ4n) is 1.24. The zero-order valence-corrected chi connectivity index (χ0v) is 9.95. The van der Waals surface area contributed by atoms with E-state index >= 15 is 0 Å². The summed E-state index contributed by atoms with van der Waals surface area (Å²) in [5.41, 5.74) is 5.19. The van der Waals surface area contributed by atoms with Gasteiger partial charge in [-0.2, -0.15) is 5.10 Å². The van der Waals surface area contributed by atoms with Gasteiger partial charge in [-0.15, -0.1) is 0 Å². The van der Waals surface area contributed by atoms with E-state index in [0.29, 0.717) is 0 Å². The lowest BCUT2D eigenvalue weighted by molar-refractivity contribution is 0.564. The Labute approximate surface area is 94.2 Å². The molecular formula is C8H15N5O2S. The van der Waals surface area contributed by atoms with Crippen molar-refractivity contribution in [3.05, 3.63) is 12.4 Å². The molecular weight excluding hydrogens is 230 g/mol. The second-order valence-electron chi connectivity index (χ2n) is 3.60. The number of sulfonamides is 1. The molecule has 0 saturated carbocycles. The summed E-state index contributed by atoms with van der Waals surface area (Å²) in [5.74, 6) is -0.0543. The maximum Gasteiger partial charge on any atom is 0.243 e. The van der Waals surface area contributed by atoms with Crippen molar-refractivity contribution in [2.45, 2.75) is 24.3 Å². The minimum atomic E-state index is -3.57. The van der Waals surface area contributed by atoms with Gasteiger partial charge in [0, 0.05) is 25.7 Å². The number of nitrogens with one attached hydrogen (secondary N) is 2. The second-order valence-corrected chi connectivity index (χ2v) is 5.32. The molecule has 1 atom stereocenters. The third kappa shape index (κ3) is 3.31. The molecule has 0 spiro atoms. The molecule has 0 aliphatic heterocycles. The van der Waals surface area contributed by atoms with E-state index in [1.54, 1.807) is 14.0 Å². The van der Waals surface area contributed by atoms with Crippen molar-refractivity contribution in [3.63, 3.8) is 0 Å². The first-order chi connectivity index (χ1) is 7.31. The highest BCUT2D eigenvalue weighted by molar-refractivity contribution is 7.89. The smallest absolute Gasteiger partial charge is 0.243 e. The highest BCUT2D eigenvalue weighted by atomic mass is 32.2. The van der Waals surface area contributed by atoms with Crippen LogP contribution < -0.4 is 10.5 Å². The van der Waals surface area contributed by atoms with E-state index < -0.39 is 16.1 Å². The van der Waals surface area contributed by atoms with Gasteiger partial charge in [-0.25, -0.2) is 13.1 Å². The van der Waals surface area contributed by atoms with Crippen molar-refractivity contribution < 1.29 is 8.42 Å². The Hall–Kier alpha value is -1.41. The van der Waals surface area contributed by atoms with Crippen LogP contribution in [0.15, 0.2) is 17.3 Å². The molecule has 1 aromatic heterocycles. The predicted octanol–water partition coefficient (Wildman–Crippen LogP) is -0.587. The summed E-state index contributed by atoms with van der Waals surface area (Å²) in [7, 11) is -1.93. The number of amidine groups is 1. The van der Waals surface area contributed by atoms with E-state index in [1.807, 2.05) is 0 Å². The Balaban J connectivity index is 2.76. The van der Waals surface area contributed by atoms with Crippen LogP contribution in [0, 0.1) is 5.41 Å². The summed E-state index contributed by atoms with van der Waals surface area (Å²) in [6.45, 7) is 1.65. The topological polar surface area (TPSA) is 114 Å². The molecule has 8 heteroatoms. The van der Waals surface area contributed by atoms with E-state index in [9.17, 15) is 8.42 Å². The molecule has 16 heavy (non-hydrogen) atoms. The van der Waals surface area contributed by atoms with Crippen molar-refractivity contribution in [1.29, 1.82) is 5.41 Å². The molecule has 4 N–H and O–H groups in total. The lowest BCUT2D eigenvalue weighted by Crippen LogP contribution is -2.35. The van der Waals surface area contributed by atoms with Crippen LogP contribution in [-0.2, 0) is 17.1 Å². The zero-order chi connectivity index (χ0) is 12.3. The number of nitrogens with zero attached hydrogens (tertiary/aromatic N) is 2. The summed E-state index contributed by atoms with van der Waals surface area (Å²) >= 11 is 0. The monoisotopic (exact) mass is 245 g/mol. The molecule has 0 bridgehead atoms. The van der Waals surface area contributed by atoms with Gasteiger partial charge in [0.1, 0.15) is 4.90 Å². The van der Waals surface area contributed by atoms with E-state index in [1.165, 1.54) is 17.1 Å². The fourth-order valence-corrected chi connectivity index (χ4v) is 2.47. The van der Waals surface area contributed by atoms with Gasteiger partial charge in [-0.05, 0) is 6.92 Å². The Morgan fingerprint density at radius 1 is 1.75 bits per heavy atom. The molecule has 0 aliphatic carbocycles. The Morgan fingerprint density at radius 3 is 2.81 bits per heavy atom. The highest BCUT2D eigenvalue weighted by Crippen LogP contribution is 2.07. The molecule has 7 nitrogen and oxygen atoms in total. The summed E-state index contributed by atoms with van der Waals surface area (Å²) in [6, 6.07) is -0.414. The first-order valence-corrected chi connectivity index (χ1v) is 6.13. The first-order valence-electron chi connectivity index (χ1n) is 4.65. The average molecular weight is 245 g/mol. The number of rotatable bonds is 5. The molecule has 1 aromatic rings. The highest BCUT2D eigenvalue weighted by Gasteiger charge is 2.19. The van der Waals surface area contributed by atoms with Crippen LogP contribution in [-0.4, -0.2) is 30.1 Å². The van der Waals surface area contributed by atoms with E-state index in [2.05, 4.69) is 9.82 Å². The molecule has 0 aliphatic rings. The van der Waals surface area contributed by atoms with Gasteiger partial charge in [-0.3, -0.25) is 10.1 Å². The average Bonchev–Trinajstić information content (AvgIpc) is 2.49. The zero-order valence-electron chi connectivity index (χ0n) is 9.14. The third-order valence-electron chi connectivity index (χ3n) is 1.87. The maximum atomic E-state index is 11.8. The van der Waals surface area contributed by atoms with Crippen molar-refractivity contribution in [2.75, 3.05) is 0 Å². The quantitative estimate of drug-likeness (QED) is 0.475. The predicted molar refractivity (Wildman–Crippen MR) is 59.5 cm³/mol. The summed E-state index contributed by atoms with van der Waals surface area (Å²) < 4.78 is 27.3. The van der Waals surface area contributed by atoms with E-state index in [-0.39, 0.29) is 17.2 Å². The van der Waals surface area contributed by atoms with Crippen molar-refractivity contribution in [3.8, 4) is 0 Å². The summed E-state index contributed by atoms with van der Waals surface area (Å²) in [4.78, 5) is 0.102. The van der Waals surface area contributed by atoms with Gasteiger partial charge < -0.3 is 5.73 Å². The number of aryl methyl sites for hydroxylation is 1. The van der Waals surface area contributed by atoms with Crippen LogP contribution >= 0.6 is 0 Å². The first kappa shape index (κ1) is 12.7. The lowest BCUT2D eigenvalue weighted by atomic mass is 10.2. The van der Waals surface area contributed by atoms with Crippen LogP contribution in [0.2, 0.25) is 0 Å². The molecule has 0 aromatic carbocycles. The third-order valence-corrected chi connectivity index (χ3v) is 3.42. The summed E-state index contributed by atoms with van der Waals surface area (Å²) in [5, 5.41) is 10.8. The summed E-state index contributed by atoms with van der Waals surface area (Å²) in [6.07, 6.45) is 2.85. The van der Waals surface area contributed by atoms with Gasteiger partial charge in [0.25, 0.3) is 0 Å². The molecule has 0 radical (unpaired) electrons. The van der Waals surface area contributed by atoms with Crippen LogP contribution in [0.5, 0.6) is 0 Å². The van der Waals surface area contributed by atoms with Crippen LogP contribution in [0.25, 0.3) is 0 Å². The number of hydrogen-bond donors (Lipinski definition) is 3. The minimum absolute atomic E-state index is 0.0543. The Morgan fingerprint density at radius 2 is 2.38 bits per heavy atom. The van der Waals surface area contributed by atoms with Gasteiger partial charge in [0.15, 0.2) is 0 Å². The van der Waals surface area contributed by atoms with Gasteiger partial charge >= 0.3 is 0 Å². The van der Waals surface area contributed by atoms with Crippen LogP contribution in [0.1, 0.15) is 13.3 Å². The van der Waals surface area contributed by atoms with E-state index in [4.69, 9.17) is 11.1 Å². The Kier molecular flexibility index (Phi) is 3.66. The maximum absolute atomic E-state index is 11.8. The van der Waals surface area contributed by atoms with Gasteiger partial charge in [0.2, 0.25) is 10.0 Å². The largest absolute Gasteiger partial charge is 0.388 e. The van der Waals surface area contributed by atoms with Gasteiger partial charge in [0.05, 0.1) is 12.0 Å². The second kappa shape index (κ2) is 4.62. The SMILES string of the molecule is CC(CC(=N)N)NS(=O)(=O)c1cnn(C)c1. The molecule has 0 saturated heterocycles. The molecule has 1 rings (SSSR count). The van der Waals surface area contributed by atoms with E-state index in [0.717, 1.165) is 0 Å². The van der Waals surface area contributed by atoms with Crippen molar-refractivity contribution >= 4 is 15.9 Å². The molecule has 0 fully saturated rings. The van der Waals surface area contributed by atoms with Crippen molar-refractivity contribution in [1.82, 2.24) is 14.5 Å².